The highest BCUT2D eigenvalue weighted by atomic mass is 16.5. The summed E-state index contributed by atoms with van der Waals surface area (Å²) in [5.41, 5.74) is 4.24. The summed E-state index contributed by atoms with van der Waals surface area (Å²) in [5, 5.41) is 4.22. The molecule has 0 saturated carbocycles. The lowest BCUT2D eigenvalue weighted by atomic mass is 10.1. The lowest BCUT2D eigenvalue weighted by Gasteiger charge is -2.37. The van der Waals surface area contributed by atoms with Crippen LogP contribution >= 0.6 is 0 Å². The second-order valence-electron chi connectivity index (χ2n) is 7.42. The maximum absolute atomic E-state index is 5.64. The molecule has 3 heterocycles. The fourth-order valence-electron chi connectivity index (χ4n) is 3.90. The summed E-state index contributed by atoms with van der Waals surface area (Å²) >= 11 is 0. The van der Waals surface area contributed by atoms with E-state index >= 15 is 0 Å². The Kier molecular flexibility index (Phi) is 4.89. The highest BCUT2D eigenvalue weighted by molar-refractivity contribution is 5.72. The Labute approximate surface area is 175 Å². The molecule has 1 aliphatic rings. The fraction of sp³-hybridized carbons (Fsp3) is 0.208. The number of hydrogen-bond donors (Lipinski definition) is 0. The number of benzene rings is 2. The van der Waals surface area contributed by atoms with Crippen LogP contribution in [0, 0.1) is 6.92 Å². The highest BCUT2D eigenvalue weighted by Gasteiger charge is 2.23. The predicted molar refractivity (Wildman–Crippen MR) is 119 cm³/mol. The van der Waals surface area contributed by atoms with Crippen LogP contribution in [0.1, 0.15) is 5.56 Å². The molecule has 2 aromatic carbocycles. The molecule has 4 aromatic rings. The average molecular weight is 397 g/mol. The van der Waals surface area contributed by atoms with Crippen LogP contribution in [0.2, 0.25) is 0 Å². The molecule has 6 heteroatoms. The lowest BCUT2D eigenvalue weighted by molar-refractivity contribution is 0.432. The summed E-state index contributed by atoms with van der Waals surface area (Å²) in [6, 6.07) is 22.5. The molecule has 0 N–H and O–H groups in total. The van der Waals surface area contributed by atoms with Crippen LogP contribution in [0.3, 0.4) is 0 Å². The van der Waals surface area contributed by atoms with Crippen molar-refractivity contribution in [2.45, 2.75) is 6.92 Å². The Bertz CT molecular complexity index is 1130. The molecule has 150 valence electrons. The van der Waals surface area contributed by atoms with Gasteiger partial charge in [0, 0.05) is 43.6 Å². The number of anilines is 2. The third kappa shape index (κ3) is 3.52. The molecule has 0 aliphatic carbocycles. The van der Waals surface area contributed by atoms with Crippen LogP contribution in [-0.4, -0.2) is 41.3 Å². The van der Waals surface area contributed by atoms with Crippen LogP contribution in [0.15, 0.2) is 77.4 Å². The first-order valence-electron chi connectivity index (χ1n) is 10.2. The van der Waals surface area contributed by atoms with Gasteiger partial charge in [-0.05, 0) is 36.8 Å². The van der Waals surface area contributed by atoms with Crippen LogP contribution < -0.4 is 9.80 Å². The van der Waals surface area contributed by atoms with Gasteiger partial charge in [0.25, 0.3) is 5.89 Å². The van der Waals surface area contributed by atoms with E-state index in [2.05, 4.69) is 55.3 Å². The summed E-state index contributed by atoms with van der Waals surface area (Å²) < 4.78 is 5.64. The van der Waals surface area contributed by atoms with Gasteiger partial charge < -0.3 is 14.3 Å². The molecule has 0 amide bonds. The molecule has 6 nitrogen and oxygen atoms in total. The van der Waals surface area contributed by atoms with Gasteiger partial charge in [-0.3, -0.25) is 0 Å². The van der Waals surface area contributed by atoms with Crippen molar-refractivity contribution in [3.05, 3.63) is 78.5 Å². The molecule has 30 heavy (non-hydrogen) atoms. The number of piperazine rings is 1. The Balaban J connectivity index is 1.39. The summed E-state index contributed by atoms with van der Waals surface area (Å²) in [4.78, 5) is 14.0. The van der Waals surface area contributed by atoms with Gasteiger partial charge >= 0.3 is 0 Å². The van der Waals surface area contributed by atoms with Gasteiger partial charge in [0.1, 0.15) is 5.82 Å². The summed E-state index contributed by atoms with van der Waals surface area (Å²) in [6.45, 7) is 5.71. The summed E-state index contributed by atoms with van der Waals surface area (Å²) in [7, 11) is 0. The van der Waals surface area contributed by atoms with Crippen LogP contribution in [0.5, 0.6) is 0 Å². The zero-order valence-electron chi connectivity index (χ0n) is 16.9. The number of para-hydroxylation sites is 1. The van der Waals surface area contributed by atoms with E-state index in [1.54, 1.807) is 0 Å². The van der Waals surface area contributed by atoms with Gasteiger partial charge in [0.2, 0.25) is 5.82 Å². The van der Waals surface area contributed by atoms with Crippen molar-refractivity contribution >= 4 is 11.5 Å². The maximum Gasteiger partial charge on any atom is 0.261 e. The van der Waals surface area contributed by atoms with E-state index in [0.717, 1.165) is 48.7 Å². The van der Waals surface area contributed by atoms with Gasteiger partial charge in [-0.2, -0.15) is 4.98 Å². The fourth-order valence-corrected chi connectivity index (χ4v) is 3.90. The van der Waals surface area contributed by atoms with Crippen LogP contribution in [-0.2, 0) is 0 Å². The molecule has 0 unspecified atom stereocenters. The third-order valence-corrected chi connectivity index (χ3v) is 5.53. The third-order valence-electron chi connectivity index (χ3n) is 5.53. The first-order valence-corrected chi connectivity index (χ1v) is 10.2. The topological polar surface area (TPSA) is 58.3 Å². The van der Waals surface area contributed by atoms with Gasteiger partial charge in [0.05, 0.1) is 5.56 Å². The van der Waals surface area contributed by atoms with Crippen molar-refractivity contribution in [3.63, 3.8) is 0 Å². The molecule has 0 spiro atoms. The van der Waals surface area contributed by atoms with Crippen molar-refractivity contribution in [2.75, 3.05) is 36.0 Å². The first kappa shape index (κ1) is 18.4. The number of aromatic nitrogens is 3. The molecule has 1 aliphatic heterocycles. The van der Waals surface area contributed by atoms with Crippen molar-refractivity contribution < 1.29 is 4.52 Å². The monoisotopic (exact) mass is 397 g/mol. The van der Waals surface area contributed by atoms with Gasteiger partial charge in [0.15, 0.2) is 0 Å². The van der Waals surface area contributed by atoms with Crippen LogP contribution in [0.4, 0.5) is 11.5 Å². The van der Waals surface area contributed by atoms with Crippen LogP contribution in [0.25, 0.3) is 22.8 Å². The standard InChI is InChI=1S/C24H23N5O/c1-18-8-5-6-11-20(18)22-26-24(30-27-22)21-12-7-13-25-23(21)29-16-14-28(15-17-29)19-9-3-2-4-10-19/h2-13H,14-17H2,1H3. The molecule has 1 fully saturated rings. The zero-order chi connectivity index (χ0) is 20.3. The lowest BCUT2D eigenvalue weighted by Crippen LogP contribution is -2.47. The van der Waals surface area contributed by atoms with Gasteiger partial charge in [-0.1, -0.05) is 47.6 Å². The summed E-state index contributed by atoms with van der Waals surface area (Å²) in [5.74, 6) is 2.00. The van der Waals surface area contributed by atoms with Crippen molar-refractivity contribution in [2.24, 2.45) is 0 Å². The van der Waals surface area contributed by atoms with E-state index in [1.807, 2.05) is 49.5 Å². The number of rotatable bonds is 4. The second-order valence-corrected chi connectivity index (χ2v) is 7.42. The molecule has 0 atom stereocenters. The molecular weight excluding hydrogens is 374 g/mol. The van der Waals surface area contributed by atoms with E-state index in [0.29, 0.717) is 11.7 Å². The summed E-state index contributed by atoms with van der Waals surface area (Å²) in [6.07, 6.45) is 1.82. The van der Waals surface area contributed by atoms with Crippen molar-refractivity contribution in [1.82, 2.24) is 15.1 Å². The van der Waals surface area contributed by atoms with E-state index in [9.17, 15) is 0 Å². The first-order chi connectivity index (χ1) is 14.8. The molecule has 5 rings (SSSR count). The minimum atomic E-state index is 0.502. The van der Waals surface area contributed by atoms with E-state index in [4.69, 9.17) is 4.52 Å². The van der Waals surface area contributed by atoms with E-state index < -0.39 is 0 Å². The Hall–Kier alpha value is -3.67. The molecule has 1 saturated heterocycles. The Morgan fingerprint density at radius 2 is 1.47 bits per heavy atom. The Morgan fingerprint density at radius 3 is 2.27 bits per heavy atom. The molecular formula is C24H23N5O. The number of pyridine rings is 1. The van der Waals surface area contributed by atoms with Crippen molar-refractivity contribution in [1.29, 1.82) is 0 Å². The number of aryl methyl sites for hydroxylation is 1. The number of hydrogen-bond acceptors (Lipinski definition) is 6. The smallest absolute Gasteiger partial charge is 0.261 e. The van der Waals surface area contributed by atoms with E-state index in [1.165, 1.54) is 5.69 Å². The van der Waals surface area contributed by atoms with Gasteiger partial charge in [-0.15, -0.1) is 0 Å². The predicted octanol–water partition coefficient (Wildman–Crippen LogP) is 4.43. The average Bonchev–Trinajstić information content (AvgIpc) is 3.30. The molecule has 0 bridgehead atoms. The minimum Gasteiger partial charge on any atom is -0.368 e. The van der Waals surface area contributed by atoms with Gasteiger partial charge in [-0.25, -0.2) is 4.98 Å². The molecule has 0 radical (unpaired) electrons. The van der Waals surface area contributed by atoms with E-state index in [-0.39, 0.29) is 0 Å². The second kappa shape index (κ2) is 7.99. The Morgan fingerprint density at radius 1 is 0.767 bits per heavy atom. The quantitative estimate of drug-likeness (QED) is 0.508. The minimum absolute atomic E-state index is 0.502. The maximum atomic E-state index is 5.64. The van der Waals surface area contributed by atoms with Crippen molar-refractivity contribution in [3.8, 4) is 22.8 Å². The SMILES string of the molecule is Cc1ccccc1-c1noc(-c2cccnc2N2CCN(c3ccccc3)CC2)n1. The normalized spacial score (nSPS) is 14.2. The largest absolute Gasteiger partial charge is 0.368 e. The zero-order valence-corrected chi connectivity index (χ0v) is 16.9. The number of nitrogens with zero attached hydrogens (tertiary/aromatic N) is 5. The molecule has 2 aromatic heterocycles. The highest BCUT2D eigenvalue weighted by Crippen LogP contribution is 2.31.